The first-order chi connectivity index (χ1) is 11.8. The van der Waals surface area contributed by atoms with Crippen LogP contribution in [0.1, 0.15) is 10.4 Å². The van der Waals surface area contributed by atoms with E-state index in [1.165, 1.54) is 18.3 Å². The summed E-state index contributed by atoms with van der Waals surface area (Å²) in [6.07, 6.45) is 2.42. The van der Waals surface area contributed by atoms with Crippen molar-refractivity contribution in [3.05, 3.63) is 53.3 Å². The average molecular weight is 384 g/mol. The second kappa shape index (κ2) is 7.95. The number of carbonyl (C=O) groups is 2. The summed E-state index contributed by atoms with van der Waals surface area (Å²) in [4.78, 5) is 27.7. The molecule has 0 spiro atoms. The Morgan fingerprint density at radius 1 is 1.16 bits per heavy atom. The van der Waals surface area contributed by atoms with Gasteiger partial charge < -0.3 is 10.1 Å². The highest BCUT2D eigenvalue weighted by Gasteiger charge is 2.16. The number of nitrogens with one attached hydrogen (secondary N) is 2. The van der Waals surface area contributed by atoms with Crippen LogP contribution in [0.5, 0.6) is 0 Å². The molecule has 0 unspecified atom stereocenters. The number of halogens is 1. The lowest BCUT2D eigenvalue weighted by Gasteiger charge is -2.11. The monoisotopic (exact) mass is 383 g/mol. The summed E-state index contributed by atoms with van der Waals surface area (Å²) in [7, 11) is -3.57. The van der Waals surface area contributed by atoms with Gasteiger partial charge in [-0.05, 0) is 24.3 Å². The SMILES string of the molecule is CS(=O)(=O)Nc1ccccc1C(=O)OCC(=O)Nc1cccnc1Cl. The normalized spacial score (nSPS) is 10.8. The lowest BCUT2D eigenvalue weighted by molar-refractivity contribution is -0.119. The second-order valence-corrected chi connectivity index (χ2v) is 6.99. The molecule has 0 radical (unpaired) electrons. The number of esters is 1. The minimum Gasteiger partial charge on any atom is -0.452 e. The number of anilines is 2. The van der Waals surface area contributed by atoms with Crippen LogP contribution in [-0.4, -0.2) is 38.1 Å². The number of hydrogen-bond donors (Lipinski definition) is 2. The Labute approximate surface area is 149 Å². The number of nitrogens with zero attached hydrogens (tertiary/aromatic N) is 1. The van der Waals surface area contributed by atoms with Gasteiger partial charge in [-0.15, -0.1) is 0 Å². The van der Waals surface area contributed by atoms with Crippen molar-refractivity contribution in [2.24, 2.45) is 0 Å². The van der Waals surface area contributed by atoms with Gasteiger partial charge in [0.25, 0.3) is 5.91 Å². The Hall–Kier alpha value is -2.65. The van der Waals surface area contributed by atoms with Crippen LogP contribution in [0.2, 0.25) is 5.15 Å². The molecule has 0 saturated heterocycles. The van der Waals surface area contributed by atoms with E-state index in [1.54, 1.807) is 24.3 Å². The van der Waals surface area contributed by atoms with E-state index < -0.39 is 28.5 Å². The first-order valence-corrected chi connectivity index (χ1v) is 9.17. The summed E-state index contributed by atoms with van der Waals surface area (Å²) in [5, 5.41) is 2.55. The van der Waals surface area contributed by atoms with E-state index in [-0.39, 0.29) is 22.1 Å². The molecule has 0 bridgehead atoms. The number of pyridine rings is 1. The highest BCUT2D eigenvalue weighted by atomic mass is 35.5. The number of amides is 1. The first-order valence-electron chi connectivity index (χ1n) is 6.90. The molecule has 0 aliphatic heterocycles. The molecule has 1 aromatic carbocycles. The van der Waals surface area contributed by atoms with Crippen molar-refractivity contribution < 1.29 is 22.7 Å². The maximum atomic E-state index is 12.1. The van der Waals surface area contributed by atoms with Crippen molar-refractivity contribution in [2.45, 2.75) is 0 Å². The first kappa shape index (κ1) is 18.7. The molecule has 0 aliphatic rings. The average Bonchev–Trinajstić information content (AvgIpc) is 2.54. The van der Waals surface area contributed by atoms with Gasteiger partial charge in [-0.3, -0.25) is 9.52 Å². The molecule has 0 aliphatic carbocycles. The zero-order valence-corrected chi connectivity index (χ0v) is 14.6. The number of benzene rings is 1. The van der Waals surface area contributed by atoms with E-state index in [4.69, 9.17) is 16.3 Å². The van der Waals surface area contributed by atoms with E-state index in [9.17, 15) is 18.0 Å². The number of sulfonamides is 1. The lowest BCUT2D eigenvalue weighted by Crippen LogP contribution is -2.22. The van der Waals surface area contributed by atoms with Gasteiger partial charge in [0.1, 0.15) is 0 Å². The van der Waals surface area contributed by atoms with Gasteiger partial charge in [-0.25, -0.2) is 18.2 Å². The third-order valence-electron chi connectivity index (χ3n) is 2.81. The molecule has 2 N–H and O–H groups in total. The molecule has 25 heavy (non-hydrogen) atoms. The molecule has 0 saturated carbocycles. The van der Waals surface area contributed by atoms with E-state index in [0.717, 1.165) is 6.26 Å². The van der Waals surface area contributed by atoms with E-state index in [1.807, 2.05) is 0 Å². The summed E-state index contributed by atoms with van der Waals surface area (Å²) in [6, 6.07) is 9.01. The molecule has 8 nitrogen and oxygen atoms in total. The van der Waals surface area contributed by atoms with Crippen LogP contribution in [0, 0.1) is 0 Å². The van der Waals surface area contributed by atoms with Crippen molar-refractivity contribution >= 4 is 44.9 Å². The predicted octanol–water partition coefficient (Wildman–Crippen LogP) is 1.90. The Kier molecular flexibility index (Phi) is 5.94. The van der Waals surface area contributed by atoms with E-state index in [2.05, 4.69) is 15.0 Å². The van der Waals surface area contributed by atoms with Gasteiger partial charge in [-0.1, -0.05) is 23.7 Å². The molecule has 2 rings (SSSR count). The molecule has 2 aromatic rings. The molecular weight excluding hydrogens is 370 g/mol. The largest absolute Gasteiger partial charge is 0.452 e. The van der Waals surface area contributed by atoms with Gasteiger partial charge in [0, 0.05) is 6.20 Å². The third kappa shape index (κ3) is 5.73. The summed E-state index contributed by atoms with van der Waals surface area (Å²) in [5.74, 6) is -1.46. The minimum absolute atomic E-state index is 0.0138. The lowest BCUT2D eigenvalue weighted by atomic mass is 10.2. The van der Waals surface area contributed by atoms with Crippen LogP contribution in [0.3, 0.4) is 0 Å². The number of carbonyl (C=O) groups excluding carboxylic acids is 2. The van der Waals surface area contributed by atoms with Crippen LogP contribution < -0.4 is 10.0 Å². The topological polar surface area (TPSA) is 114 Å². The fourth-order valence-corrected chi connectivity index (χ4v) is 2.57. The van der Waals surface area contributed by atoms with Gasteiger partial charge in [-0.2, -0.15) is 0 Å². The second-order valence-electron chi connectivity index (χ2n) is 4.89. The Balaban J connectivity index is 2.01. The van der Waals surface area contributed by atoms with Crippen molar-refractivity contribution in [1.29, 1.82) is 0 Å². The predicted molar refractivity (Wildman–Crippen MR) is 93.1 cm³/mol. The highest BCUT2D eigenvalue weighted by molar-refractivity contribution is 7.92. The van der Waals surface area contributed by atoms with Gasteiger partial charge in [0.05, 0.1) is 23.2 Å². The highest BCUT2D eigenvalue weighted by Crippen LogP contribution is 2.18. The molecule has 132 valence electrons. The van der Waals surface area contributed by atoms with Crippen molar-refractivity contribution in [1.82, 2.24) is 4.98 Å². The zero-order valence-electron chi connectivity index (χ0n) is 13.0. The fraction of sp³-hybridized carbons (Fsp3) is 0.133. The van der Waals surface area contributed by atoms with Gasteiger partial charge in [0.2, 0.25) is 10.0 Å². The zero-order chi connectivity index (χ0) is 18.4. The van der Waals surface area contributed by atoms with Crippen molar-refractivity contribution in [2.75, 3.05) is 22.9 Å². The molecule has 0 atom stereocenters. The number of para-hydroxylation sites is 1. The number of aromatic nitrogens is 1. The van der Waals surface area contributed by atoms with Gasteiger partial charge in [0.15, 0.2) is 11.8 Å². The maximum absolute atomic E-state index is 12.1. The minimum atomic E-state index is -3.57. The summed E-state index contributed by atoms with van der Waals surface area (Å²) in [6.45, 7) is -0.572. The van der Waals surface area contributed by atoms with Crippen LogP contribution in [0.25, 0.3) is 0 Å². The molecule has 10 heteroatoms. The van der Waals surface area contributed by atoms with Crippen molar-refractivity contribution in [3.8, 4) is 0 Å². The Bertz CT molecular complexity index is 902. The van der Waals surface area contributed by atoms with Crippen LogP contribution in [-0.2, 0) is 19.6 Å². The molecule has 1 amide bonds. The number of rotatable bonds is 6. The number of hydrogen-bond acceptors (Lipinski definition) is 6. The Morgan fingerprint density at radius 3 is 2.52 bits per heavy atom. The summed E-state index contributed by atoms with van der Waals surface area (Å²) < 4.78 is 29.8. The standard InChI is InChI=1S/C15H14ClN3O5S/c1-25(22,23)19-11-6-3-2-5-10(11)15(21)24-9-13(20)18-12-7-4-8-17-14(12)16/h2-8,19H,9H2,1H3,(H,18,20). The van der Waals surface area contributed by atoms with Crippen LogP contribution >= 0.6 is 11.6 Å². The maximum Gasteiger partial charge on any atom is 0.340 e. The summed E-state index contributed by atoms with van der Waals surface area (Å²) in [5.41, 5.74) is 0.329. The van der Waals surface area contributed by atoms with E-state index >= 15 is 0 Å². The van der Waals surface area contributed by atoms with Crippen LogP contribution in [0.4, 0.5) is 11.4 Å². The smallest absolute Gasteiger partial charge is 0.340 e. The molecule has 1 aromatic heterocycles. The number of ether oxygens (including phenoxy) is 1. The van der Waals surface area contributed by atoms with Crippen LogP contribution in [0.15, 0.2) is 42.6 Å². The summed E-state index contributed by atoms with van der Waals surface area (Å²) >= 11 is 5.81. The third-order valence-corrected chi connectivity index (χ3v) is 3.70. The van der Waals surface area contributed by atoms with Gasteiger partial charge >= 0.3 is 5.97 Å². The molecular formula is C15H14ClN3O5S. The molecule has 1 heterocycles. The van der Waals surface area contributed by atoms with E-state index in [0.29, 0.717) is 0 Å². The fourth-order valence-electron chi connectivity index (χ4n) is 1.82. The molecule has 0 fully saturated rings. The Morgan fingerprint density at radius 2 is 1.84 bits per heavy atom. The van der Waals surface area contributed by atoms with Crippen molar-refractivity contribution in [3.63, 3.8) is 0 Å². The quantitative estimate of drug-likeness (QED) is 0.581.